The molecule has 0 fully saturated rings. The number of ether oxygens (including phenoxy) is 4. The predicted molar refractivity (Wildman–Crippen MR) is 174 cm³/mol. The maximum absolute atomic E-state index is 13.1. The topological polar surface area (TPSA) is 86.3 Å². The number of nitrogens with one attached hydrogen (secondary N) is 1. The first-order chi connectivity index (χ1) is 21.5. The molecule has 0 bridgehead atoms. The van der Waals surface area contributed by atoms with Crippen molar-refractivity contribution in [3.63, 3.8) is 0 Å². The lowest BCUT2D eigenvalue weighted by molar-refractivity contribution is -0.126. The number of carbonyl (C=O) groups is 2. The summed E-state index contributed by atoms with van der Waals surface area (Å²) in [5.74, 6) is 2.78. The van der Waals surface area contributed by atoms with Crippen molar-refractivity contribution in [2.45, 2.75) is 31.5 Å². The Morgan fingerprint density at radius 3 is 1.91 bits per heavy atom. The maximum Gasteiger partial charge on any atom is 0.272 e. The number of methoxy groups -OCH3 is 2. The summed E-state index contributed by atoms with van der Waals surface area (Å²) in [7, 11) is 3.23. The standard InChI is InChI=1S/C20H22BrNO3.C15H13NO3/c1-24-16-11-9-15(10-12-16)19-20(23)22(14-6-2-5-13-21)17-7-3-4-8-18(17)25-19;1-18-11-8-6-10(7-9-11)14-15(17)16-12-4-2-3-5-13(12)19-14/h3-4,7-12,19H,2,5-6,13-14H2,1H3;2-9,14H,1H3,(H,16,17). The summed E-state index contributed by atoms with van der Waals surface area (Å²) in [4.78, 5) is 27.0. The first-order valence-corrected chi connectivity index (χ1v) is 15.6. The molecule has 2 aliphatic heterocycles. The van der Waals surface area contributed by atoms with Gasteiger partial charge in [0.15, 0.2) is 0 Å². The highest BCUT2D eigenvalue weighted by molar-refractivity contribution is 9.09. The lowest BCUT2D eigenvalue weighted by Gasteiger charge is -2.34. The largest absolute Gasteiger partial charge is 0.497 e. The van der Waals surface area contributed by atoms with Crippen molar-refractivity contribution in [2.24, 2.45) is 0 Å². The highest BCUT2D eigenvalue weighted by Gasteiger charge is 2.35. The molecule has 8 nitrogen and oxygen atoms in total. The van der Waals surface area contributed by atoms with Crippen molar-refractivity contribution in [2.75, 3.05) is 36.3 Å². The number of para-hydroxylation sites is 4. The average Bonchev–Trinajstić information content (AvgIpc) is 3.07. The fourth-order valence-corrected chi connectivity index (χ4v) is 5.42. The minimum Gasteiger partial charge on any atom is -0.497 e. The third kappa shape index (κ3) is 7.17. The summed E-state index contributed by atoms with van der Waals surface area (Å²) in [5.41, 5.74) is 3.20. The number of carbonyl (C=O) groups excluding carboxylic acids is 2. The van der Waals surface area contributed by atoms with Crippen molar-refractivity contribution in [1.29, 1.82) is 0 Å². The number of unbranched alkanes of at least 4 members (excludes halogenated alkanes) is 2. The Hall–Kier alpha value is -4.50. The van der Waals surface area contributed by atoms with Gasteiger partial charge in [0.25, 0.3) is 11.8 Å². The van der Waals surface area contributed by atoms with E-state index >= 15 is 0 Å². The second-order valence-corrected chi connectivity index (χ2v) is 11.0. The van der Waals surface area contributed by atoms with E-state index in [1.807, 2.05) is 102 Å². The van der Waals surface area contributed by atoms with Crippen molar-refractivity contribution in [1.82, 2.24) is 0 Å². The first-order valence-electron chi connectivity index (χ1n) is 14.5. The fourth-order valence-electron chi connectivity index (χ4n) is 5.03. The van der Waals surface area contributed by atoms with E-state index in [4.69, 9.17) is 18.9 Å². The number of benzene rings is 4. The van der Waals surface area contributed by atoms with E-state index in [0.29, 0.717) is 18.0 Å². The number of anilines is 2. The molecule has 2 aliphatic rings. The van der Waals surface area contributed by atoms with Crippen molar-refractivity contribution < 1.29 is 28.5 Å². The fraction of sp³-hybridized carbons (Fsp3) is 0.257. The number of amides is 2. The molecule has 2 heterocycles. The van der Waals surface area contributed by atoms with Gasteiger partial charge in [-0.05, 0) is 61.4 Å². The number of hydrogen-bond donors (Lipinski definition) is 1. The van der Waals surface area contributed by atoms with Crippen molar-refractivity contribution in [3.8, 4) is 23.0 Å². The summed E-state index contributed by atoms with van der Waals surface area (Å²) in [5, 5.41) is 3.84. The van der Waals surface area contributed by atoms with E-state index < -0.39 is 12.2 Å². The molecule has 2 amide bonds. The second-order valence-electron chi connectivity index (χ2n) is 10.2. The Balaban J connectivity index is 0.000000181. The van der Waals surface area contributed by atoms with Crippen molar-refractivity contribution in [3.05, 3.63) is 108 Å². The lowest BCUT2D eigenvalue weighted by Crippen LogP contribution is -2.41. The first kappa shape index (κ1) is 30.9. The molecule has 4 aromatic rings. The van der Waals surface area contributed by atoms with E-state index in [9.17, 15) is 9.59 Å². The molecular formula is C35H35BrN2O6. The number of halogens is 1. The van der Waals surface area contributed by atoms with Gasteiger partial charge in [-0.1, -0.05) is 70.9 Å². The molecule has 0 spiro atoms. The normalized spacial score (nSPS) is 16.7. The zero-order valence-electron chi connectivity index (χ0n) is 24.7. The highest BCUT2D eigenvalue weighted by Crippen LogP contribution is 2.39. The molecule has 6 rings (SSSR count). The molecular weight excluding hydrogens is 624 g/mol. The van der Waals surface area contributed by atoms with Gasteiger partial charge in [0.1, 0.15) is 23.0 Å². The number of nitrogens with zero attached hydrogens (tertiary/aromatic N) is 1. The Bertz CT molecular complexity index is 1560. The zero-order valence-corrected chi connectivity index (χ0v) is 26.3. The lowest BCUT2D eigenvalue weighted by atomic mass is 10.0. The van der Waals surface area contributed by atoms with Crippen LogP contribution in [0.4, 0.5) is 11.4 Å². The Morgan fingerprint density at radius 1 is 0.705 bits per heavy atom. The molecule has 4 aromatic carbocycles. The van der Waals surface area contributed by atoms with E-state index in [0.717, 1.165) is 58.7 Å². The Morgan fingerprint density at radius 2 is 1.27 bits per heavy atom. The van der Waals surface area contributed by atoms with Crippen LogP contribution in [-0.2, 0) is 9.59 Å². The van der Waals surface area contributed by atoms with Crippen LogP contribution in [0.15, 0.2) is 97.1 Å². The number of hydrogen-bond acceptors (Lipinski definition) is 6. The monoisotopic (exact) mass is 658 g/mol. The zero-order chi connectivity index (χ0) is 30.9. The van der Waals surface area contributed by atoms with Crippen LogP contribution in [0.5, 0.6) is 23.0 Å². The molecule has 0 radical (unpaired) electrons. The van der Waals surface area contributed by atoms with Gasteiger partial charge in [-0.15, -0.1) is 0 Å². The van der Waals surface area contributed by atoms with Crippen molar-refractivity contribution >= 4 is 39.1 Å². The average molecular weight is 660 g/mol. The van der Waals surface area contributed by atoms with Gasteiger partial charge >= 0.3 is 0 Å². The van der Waals surface area contributed by atoms with Crippen LogP contribution in [0.25, 0.3) is 0 Å². The predicted octanol–water partition coefficient (Wildman–Crippen LogP) is 7.49. The quantitative estimate of drug-likeness (QED) is 0.148. The Kier molecular flexibility index (Phi) is 10.4. The van der Waals surface area contributed by atoms with Crippen LogP contribution in [0.3, 0.4) is 0 Å². The number of rotatable bonds is 9. The minimum atomic E-state index is -0.624. The van der Waals surface area contributed by atoms with Gasteiger partial charge < -0.3 is 29.2 Å². The van der Waals surface area contributed by atoms with E-state index in [1.165, 1.54) is 0 Å². The van der Waals surface area contributed by atoms with Crippen LogP contribution in [0.1, 0.15) is 42.6 Å². The van der Waals surface area contributed by atoms with Gasteiger partial charge in [0.2, 0.25) is 12.2 Å². The SMILES string of the molecule is COc1ccc(C2Oc3ccccc3N(CCCCCBr)C2=O)cc1.COc1ccc(C2Oc3ccccc3NC2=O)cc1. The van der Waals surface area contributed by atoms with Crippen LogP contribution in [0.2, 0.25) is 0 Å². The molecule has 2 atom stereocenters. The van der Waals surface area contributed by atoms with Crippen LogP contribution in [0, 0.1) is 0 Å². The summed E-state index contributed by atoms with van der Waals surface area (Å²) in [6.07, 6.45) is 1.94. The molecule has 9 heteroatoms. The summed E-state index contributed by atoms with van der Waals surface area (Å²) < 4.78 is 22.1. The highest BCUT2D eigenvalue weighted by atomic mass is 79.9. The maximum atomic E-state index is 13.1. The molecule has 1 N–H and O–H groups in total. The van der Waals surface area contributed by atoms with E-state index in [2.05, 4.69) is 21.2 Å². The Labute approximate surface area is 266 Å². The van der Waals surface area contributed by atoms with Gasteiger partial charge in [-0.25, -0.2) is 0 Å². The third-order valence-corrected chi connectivity index (χ3v) is 7.93. The summed E-state index contributed by atoms with van der Waals surface area (Å²) in [6.45, 7) is 0.707. The van der Waals surface area contributed by atoms with Crippen LogP contribution >= 0.6 is 15.9 Å². The van der Waals surface area contributed by atoms with Gasteiger partial charge in [-0.3, -0.25) is 9.59 Å². The molecule has 0 aromatic heterocycles. The number of fused-ring (bicyclic) bond motifs is 2. The van der Waals surface area contributed by atoms with Crippen LogP contribution < -0.4 is 29.2 Å². The molecule has 0 saturated carbocycles. The molecule has 2 unspecified atom stereocenters. The number of alkyl halides is 1. The molecule has 44 heavy (non-hydrogen) atoms. The van der Waals surface area contributed by atoms with E-state index in [-0.39, 0.29) is 11.8 Å². The van der Waals surface area contributed by atoms with Gasteiger partial charge in [0.05, 0.1) is 25.6 Å². The van der Waals surface area contributed by atoms with Crippen LogP contribution in [-0.4, -0.2) is 37.9 Å². The molecule has 228 valence electrons. The second kappa shape index (κ2) is 14.8. The smallest absolute Gasteiger partial charge is 0.272 e. The molecule has 0 aliphatic carbocycles. The third-order valence-electron chi connectivity index (χ3n) is 7.37. The van der Waals surface area contributed by atoms with Gasteiger partial charge in [0, 0.05) is 23.0 Å². The summed E-state index contributed by atoms with van der Waals surface area (Å²) in [6, 6.07) is 29.9. The molecule has 0 saturated heterocycles. The summed E-state index contributed by atoms with van der Waals surface area (Å²) >= 11 is 3.45. The van der Waals surface area contributed by atoms with Gasteiger partial charge in [-0.2, -0.15) is 0 Å². The van der Waals surface area contributed by atoms with E-state index in [1.54, 1.807) is 14.2 Å². The minimum absolute atomic E-state index is 0.0114.